The first-order valence-corrected chi connectivity index (χ1v) is 8.13. The summed E-state index contributed by atoms with van der Waals surface area (Å²) in [5.74, 6) is 0.540. The normalized spacial score (nSPS) is 15.5. The van der Waals surface area contributed by atoms with Gasteiger partial charge in [-0.3, -0.25) is 9.59 Å². The molecule has 1 aromatic rings. The van der Waals surface area contributed by atoms with Crippen LogP contribution in [0.5, 0.6) is 0 Å². The van der Waals surface area contributed by atoms with Crippen LogP contribution in [0.1, 0.15) is 25.8 Å². The predicted molar refractivity (Wildman–Crippen MR) is 102 cm³/mol. The number of amides is 1. The lowest BCUT2D eigenvalue weighted by molar-refractivity contribution is -0.116. The SMILES string of the molecule is C=C/C(C(=O)CC)=C1/N=CC=C(c2cccc(N(C)C(C)=O)c2)N1C. The summed E-state index contributed by atoms with van der Waals surface area (Å²) in [6, 6.07) is 7.69. The van der Waals surface area contributed by atoms with Gasteiger partial charge in [-0.15, -0.1) is 0 Å². The van der Waals surface area contributed by atoms with Crippen molar-refractivity contribution in [2.45, 2.75) is 20.3 Å². The maximum Gasteiger partial charge on any atom is 0.223 e. The van der Waals surface area contributed by atoms with E-state index in [9.17, 15) is 9.59 Å². The number of benzene rings is 1. The van der Waals surface area contributed by atoms with Crippen LogP contribution in [-0.4, -0.2) is 36.9 Å². The highest BCUT2D eigenvalue weighted by molar-refractivity contribution is 6.00. The third kappa shape index (κ3) is 3.76. The second kappa shape index (κ2) is 7.75. The van der Waals surface area contributed by atoms with Crippen LogP contribution in [0.3, 0.4) is 0 Å². The Balaban J connectivity index is 2.46. The number of nitrogens with zero attached hydrogens (tertiary/aromatic N) is 3. The molecule has 1 aliphatic heterocycles. The average molecular weight is 337 g/mol. The molecule has 0 saturated carbocycles. The van der Waals surface area contributed by atoms with Gasteiger partial charge in [-0.2, -0.15) is 0 Å². The molecule has 0 saturated heterocycles. The van der Waals surface area contributed by atoms with Crippen molar-refractivity contribution in [2.75, 3.05) is 19.0 Å². The fraction of sp³-hybridized carbons (Fsp3) is 0.250. The lowest BCUT2D eigenvalue weighted by atomic mass is 10.1. The first-order chi connectivity index (χ1) is 11.9. The molecule has 2 rings (SSSR count). The molecule has 0 spiro atoms. The smallest absolute Gasteiger partial charge is 0.223 e. The number of rotatable bonds is 5. The fourth-order valence-electron chi connectivity index (χ4n) is 2.61. The Labute approximate surface area is 148 Å². The number of hydrogen-bond acceptors (Lipinski definition) is 4. The molecule has 0 atom stereocenters. The van der Waals surface area contributed by atoms with E-state index >= 15 is 0 Å². The van der Waals surface area contributed by atoms with Crippen LogP contribution in [0.25, 0.3) is 5.70 Å². The minimum atomic E-state index is -0.0345. The first-order valence-electron chi connectivity index (χ1n) is 8.13. The number of aliphatic imine (C=N–C) groups is 1. The Hall–Kier alpha value is -2.95. The Morgan fingerprint density at radius 1 is 1.36 bits per heavy atom. The summed E-state index contributed by atoms with van der Waals surface area (Å²) in [4.78, 5) is 31.6. The second-order valence-corrected chi connectivity index (χ2v) is 5.74. The van der Waals surface area contributed by atoms with Crippen molar-refractivity contribution in [3.8, 4) is 0 Å². The molecule has 0 unspecified atom stereocenters. The van der Waals surface area contributed by atoms with Crippen LogP contribution in [0, 0.1) is 0 Å². The number of hydrogen-bond donors (Lipinski definition) is 0. The molecule has 1 heterocycles. The molecule has 0 bridgehead atoms. The standard InChI is InChI=1S/C20H23N3O2/c1-6-17(19(25)7-2)20-21-12-11-18(23(20)5)15-9-8-10-16(13-15)22(4)14(3)24/h6,8-13H,1,7H2,2-5H3/b20-17+. The van der Waals surface area contributed by atoms with E-state index in [1.165, 1.54) is 6.92 Å². The lowest BCUT2D eigenvalue weighted by Crippen LogP contribution is -2.24. The monoisotopic (exact) mass is 337 g/mol. The van der Waals surface area contributed by atoms with E-state index in [0.29, 0.717) is 17.8 Å². The zero-order valence-corrected chi connectivity index (χ0v) is 15.1. The van der Waals surface area contributed by atoms with Gasteiger partial charge < -0.3 is 9.80 Å². The molecule has 0 fully saturated rings. The van der Waals surface area contributed by atoms with E-state index in [-0.39, 0.29) is 11.7 Å². The molecule has 0 aromatic heterocycles. The van der Waals surface area contributed by atoms with Crippen molar-refractivity contribution in [3.63, 3.8) is 0 Å². The summed E-state index contributed by atoms with van der Waals surface area (Å²) >= 11 is 0. The van der Waals surface area contributed by atoms with E-state index in [1.54, 1.807) is 24.2 Å². The molecule has 1 aromatic carbocycles. The highest BCUT2D eigenvalue weighted by Crippen LogP contribution is 2.29. The van der Waals surface area contributed by atoms with Crippen LogP contribution in [0.4, 0.5) is 5.69 Å². The maximum atomic E-state index is 12.2. The van der Waals surface area contributed by atoms with E-state index < -0.39 is 0 Å². The van der Waals surface area contributed by atoms with Gasteiger partial charge in [0.05, 0.1) is 11.3 Å². The Morgan fingerprint density at radius 2 is 2.08 bits per heavy atom. The predicted octanol–water partition coefficient (Wildman–Crippen LogP) is 3.40. The quantitative estimate of drug-likeness (QED) is 0.774. The molecular formula is C20H23N3O2. The first kappa shape index (κ1) is 18.4. The molecule has 5 heteroatoms. The van der Waals surface area contributed by atoms with E-state index in [1.807, 2.05) is 49.2 Å². The van der Waals surface area contributed by atoms with Gasteiger partial charge in [0.15, 0.2) is 5.78 Å². The van der Waals surface area contributed by atoms with Crippen molar-refractivity contribution in [1.82, 2.24) is 4.90 Å². The van der Waals surface area contributed by atoms with Gasteiger partial charge in [0, 0.05) is 44.9 Å². The molecule has 1 amide bonds. The number of carbonyl (C=O) groups excluding carboxylic acids is 2. The number of anilines is 1. The topological polar surface area (TPSA) is 53.0 Å². The second-order valence-electron chi connectivity index (χ2n) is 5.74. The van der Waals surface area contributed by atoms with E-state index in [0.717, 1.165) is 16.9 Å². The molecule has 1 aliphatic rings. The summed E-state index contributed by atoms with van der Waals surface area (Å²) < 4.78 is 0. The third-order valence-electron chi connectivity index (χ3n) is 4.18. The number of ketones is 1. The third-order valence-corrected chi connectivity index (χ3v) is 4.18. The summed E-state index contributed by atoms with van der Waals surface area (Å²) in [5.41, 5.74) is 3.14. The minimum Gasteiger partial charge on any atom is -0.328 e. The maximum absolute atomic E-state index is 12.2. The van der Waals surface area contributed by atoms with E-state index in [4.69, 9.17) is 0 Å². The highest BCUT2D eigenvalue weighted by atomic mass is 16.2. The molecule has 0 aliphatic carbocycles. The zero-order chi connectivity index (χ0) is 18.6. The Morgan fingerprint density at radius 3 is 2.68 bits per heavy atom. The highest BCUT2D eigenvalue weighted by Gasteiger charge is 2.20. The summed E-state index contributed by atoms with van der Waals surface area (Å²) in [6.07, 6.45) is 5.51. The van der Waals surface area contributed by atoms with Gasteiger partial charge in [0.25, 0.3) is 0 Å². The number of Topliss-reactive ketones (excluding diaryl/α,β-unsaturated/α-hetero) is 1. The van der Waals surface area contributed by atoms with Gasteiger partial charge in [0.1, 0.15) is 5.82 Å². The zero-order valence-electron chi connectivity index (χ0n) is 15.1. The van der Waals surface area contributed by atoms with E-state index in [2.05, 4.69) is 11.6 Å². The van der Waals surface area contributed by atoms with Crippen LogP contribution >= 0.6 is 0 Å². The summed E-state index contributed by atoms with van der Waals surface area (Å²) in [7, 11) is 3.61. The van der Waals surface area contributed by atoms with Crippen LogP contribution < -0.4 is 4.90 Å². The average Bonchev–Trinajstić information content (AvgIpc) is 2.62. The van der Waals surface area contributed by atoms with Gasteiger partial charge in [0.2, 0.25) is 5.91 Å². The molecule has 5 nitrogen and oxygen atoms in total. The van der Waals surface area contributed by atoms with Gasteiger partial charge in [-0.1, -0.05) is 31.7 Å². The van der Waals surface area contributed by atoms with Crippen molar-refractivity contribution < 1.29 is 9.59 Å². The van der Waals surface area contributed by atoms with Crippen molar-refractivity contribution in [3.05, 3.63) is 60.0 Å². The van der Waals surface area contributed by atoms with Gasteiger partial charge >= 0.3 is 0 Å². The van der Waals surface area contributed by atoms with Crippen LogP contribution in [0.15, 0.2) is 59.4 Å². The van der Waals surface area contributed by atoms with Crippen molar-refractivity contribution >= 4 is 29.3 Å². The summed E-state index contributed by atoms with van der Waals surface area (Å²) in [5, 5.41) is 0. The van der Waals surface area contributed by atoms with Crippen molar-refractivity contribution in [1.29, 1.82) is 0 Å². The molecule has 25 heavy (non-hydrogen) atoms. The van der Waals surface area contributed by atoms with Gasteiger partial charge in [-0.25, -0.2) is 4.99 Å². The molecule has 0 N–H and O–H groups in total. The van der Waals surface area contributed by atoms with Crippen LogP contribution in [0.2, 0.25) is 0 Å². The Kier molecular flexibility index (Phi) is 5.70. The Bertz CT molecular complexity index is 803. The molecule has 0 radical (unpaired) electrons. The lowest BCUT2D eigenvalue weighted by Gasteiger charge is -2.27. The van der Waals surface area contributed by atoms with Crippen molar-refractivity contribution in [2.24, 2.45) is 4.99 Å². The minimum absolute atomic E-state index is 0.000290. The number of carbonyl (C=O) groups is 2. The van der Waals surface area contributed by atoms with Gasteiger partial charge in [-0.05, 0) is 18.2 Å². The molecular weight excluding hydrogens is 314 g/mol. The molecule has 130 valence electrons. The fourth-order valence-corrected chi connectivity index (χ4v) is 2.61. The van der Waals surface area contributed by atoms with Crippen LogP contribution in [-0.2, 0) is 9.59 Å². The number of allylic oxidation sites excluding steroid dienone is 3. The largest absolute Gasteiger partial charge is 0.328 e. The summed E-state index contributed by atoms with van der Waals surface area (Å²) in [6.45, 7) is 7.09.